The third-order valence-electron chi connectivity index (χ3n) is 6.93. The number of anilines is 1. The Balaban J connectivity index is 1.43. The largest absolute Gasteiger partial charge is 0.497 e. The summed E-state index contributed by atoms with van der Waals surface area (Å²) in [6.45, 7) is 2.42. The van der Waals surface area contributed by atoms with Crippen LogP contribution in [0.2, 0.25) is 5.02 Å². The molecule has 2 saturated heterocycles. The first-order valence-electron chi connectivity index (χ1n) is 12.5. The molecule has 2 N–H and O–H groups in total. The zero-order chi connectivity index (χ0) is 25.5. The third-order valence-corrected chi connectivity index (χ3v) is 7.16. The number of amides is 4. The van der Waals surface area contributed by atoms with Gasteiger partial charge in [0, 0.05) is 42.5 Å². The molecule has 2 fully saturated rings. The van der Waals surface area contributed by atoms with E-state index in [0.717, 1.165) is 19.3 Å². The van der Waals surface area contributed by atoms with Crippen LogP contribution >= 0.6 is 11.6 Å². The molecule has 4 amide bonds. The van der Waals surface area contributed by atoms with Gasteiger partial charge in [-0.15, -0.1) is 0 Å². The third kappa shape index (κ3) is 6.49. The number of nitrogens with zero attached hydrogens (tertiary/aromatic N) is 2. The minimum absolute atomic E-state index is 0.0345. The molecule has 0 aliphatic carbocycles. The van der Waals surface area contributed by atoms with E-state index in [-0.39, 0.29) is 23.8 Å². The number of methoxy groups -OCH3 is 1. The smallest absolute Gasteiger partial charge is 0.321 e. The fourth-order valence-corrected chi connectivity index (χ4v) is 5.08. The quantitative estimate of drug-likeness (QED) is 0.600. The summed E-state index contributed by atoms with van der Waals surface area (Å²) in [6.07, 6.45) is 4.30. The average Bonchev–Trinajstić information content (AvgIpc) is 2.92. The molecule has 2 aliphatic heterocycles. The maximum Gasteiger partial charge on any atom is 0.321 e. The number of halogens is 1. The summed E-state index contributed by atoms with van der Waals surface area (Å²) in [7, 11) is 1.55. The van der Waals surface area contributed by atoms with Crippen molar-refractivity contribution in [1.82, 2.24) is 15.1 Å². The number of piperidine rings is 2. The highest BCUT2D eigenvalue weighted by Gasteiger charge is 2.36. The van der Waals surface area contributed by atoms with Crippen molar-refractivity contribution in [3.05, 3.63) is 59.1 Å². The van der Waals surface area contributed by atoms with Crippen molar-refractivity contribution in [2.24, 2.45) is 5.92 Å². The predicted molar refractivity (Wildman–Crippen MR) is 139 cm³/mol. The van der Waals surface area contributed by atoms with E-state index < -0.39 is 6.04 Å². The minimum Gasteiger partial charge on any atom is -0.497 e. The Kier molecular flexibility index (Phi) is 8.70. The lowest BCUT2D eigenvalue weighted by molar-refractivity contribution is -0.136. The monoisotopic (exact) mass is 512 g/mol. The van der Waals surface area contributed by atoms with E-state index >= 15 is 0 Å². The average molecular weight is 513 g/mol. The Labute approximate surface area is 216 Å². The number of hydrogen-bond donors (Lipinski definition) is 2. The number of carbonyl (C=O) groups is 3. The summed E-state index contributed by atoms with van der Waals surface area (Å²) in [5.41, 5.74) is 1.09. The summed E-state index contributed by atoms with van der Waals surface area (Å²) in [4.78, 5) is 43.1. The molecule has 2 aromatic carbocycles. The molecular weight excluding hydrogens is 480 g/mol. The highest BCUT2D eigenvalue weighted by atomic mass is 35.5. The van der Waals surface area contributed by atoms with Crippen molar-refractivity contribution in [1.29, 1.82) is 0 Å². The normalized spacial score (nSPS) is 17.3. The van der Waals surface area contributed by atoms with Gasteiger partial charge in [0.05, 0.1) is 7.11 Å². The number of rotatable bonds is 6. The van der Waals surface area contributed by atoms with Gasteiger partial charge in [-0.2, -0.15) is 0 Å². The summed E-state index contributed by atoms with van der Waals surface area (Å²) in [5, 5.41) is 6.46. The Morgan fingerprint density at radius 3 is 2.36 bits per heavy atom. The number of carbonyl (C=O) groups excluding carboxylic acids is 3. The first-order chi connectivity index (χ1) is 17.4. The molecule has 0 radical (unpaired) electrons. The van der Waals surface area contributed by atoms with Crippen molar-refractivity contribution < 1.29 is 19.1 Å². The van der Waals surface area contributed by atoms with Crippen LogP contribution in [-0.4, -0.2) is 67.0 Å². The molecular formula is C27H33ClN4O4. The van der Waals surface area contributed by atoms with E-state index in [1.807, 2.05) is 4.90 Å². The second kappa shape index (κ2) is 12.1. The fraction of sp³-hybridized carbons (Fsp3) is 0.444. The molecule has 0 spiro atoms. The van der Waals surface area contributed by atoms with Crippen LogP contribution in [0.15, 0.2) is 48.5 Å². The lowest BCUT2D eigenvalue weighted by Crippen LogP contribution is -2.55. The van der Waals surface area contributed by atoms with Crippen LogP contribution in [0.4, 0.5) is 10.5 Å². The lowest BCUT2D eigenvalue weighted by atomic mass is 9.88. The molecule has 2 aromatic rings. The maximum atomic E-state index is 13.6. The second-order valence-electron chi connectivity index (χ2n) is 9.33. The second-order valence-corrected chi connectivity index (χ2v) is 9.77. The number of ether oxygens (including phenoxy) is 1. The van der Waals surface area contributed by atoms with E-state index in [4.69, 9.17) is 16.3 Å². The Morgan fingerprint density at radius 2 is 1.67 bits per heavy atom. The van der Waals surface area contributed by atoms with Gasteiger partial charge in [0.1, 0.15) is 11.8 Å². The molecule has 0 aromatic heterocycles. The van der Waals surface area contributed by atoms with Crippen LogP contribution in [0.3, 0.4) is 0 Å². The fourth-order valence-electron chi connectivity index (χ4n) is 4.89. The first-order valence-corrected chi connectivity index (χ1v) is 12.9. The van der Waals surface area contributed by atoms with Gasteiger partial charge in [-0.3, -0.25) is 9.59 Å². The molecule has 0 saturated carbocycles. The zero-order valence-electron chi connectivity index (χ0n) is 20.5. The van der Waals surface area contributed by atoms with Crippen LogP contribution in [0.25, 0.3) is 0 Å². The summed E-state index contributed by atoms with van der Waals surface area (Å²) in [5.74, 6) is 0.183. The molecule has 4 rings (SSSR count). The molecule has 1 unspecified atom stereocenters. The molecule has 8 nitrogen and oxygen atoms in total. The Hall–Kier alpha value is -3.26. The molecule has 36 heavy (non-hydrogen) atoms. The van der Waals surface area contributed by atoms with Gasteiger partial charge >= 0.3 is 6.03 Å². The first kappa shape index (κ1) is 25.8. The molecule has 2 heterocycles. The summed E-state index contributed by atoms with van der Waals surface area (Å²) < 4.78 is 5.25. The van der Waals surface area contributed by atoms with Gasteiger partial charge in [0.15, 0.2) is 0 Å². The number of urea groups is 1. The van der Waals surface area contributed by atoms with Gasteiger partial charge in [-0.25, -0.2) is 4.79 Å². The van der Waals surface area contributed by atoms with Gasteiger partial charge < -0.3 is 25.2 Å². The van der Waals surface area contributed by atoms with Crippen LogP contribution < -0.4 is 15.4 Å². The van der Waals surface area contributed by atoms with Crippen LogP contribution in [0.5, 0.6) is 5.75 Å². The van der Waals surface area contributed by atoms with Crippen molar-refractivity contribution in [2.75, 3.05) is 38.6 Å². The Morgan fingerprint density at radius 1 is 0.944 bits per heavy atom. The van der Waals surface area contributed by atoms with E-state index in [2.05, 4.69) is 10.6 Å². The summed E-state index contributed by atoms with van der Waals surface area (Å²) in [6, 6.07) is 13.1. The minimum atomic E-state index is -0.639. The standard InChI is InChI=1S/C27H33ClN4O4/c1-36-23-10-5-7-20(17-23)25(33)30-24(26(34)31-13-3-2-4-14-31)19-11-15-32(16-12-19)27(35)29-22-9-6-8-21(28)18-22/h5-10,17-19,24H,2-4,11-16H2,1H3,(H,29,35)(H,30,33). The van der Waals surface area contributed by atoms with Crippen molar-refractivity contribution in [3.8, 4) is 5.75 Å². The zero-order valence-corrected chi connectivity index (χ0v) is 21.3. The number of benzene rings is 2. The Bertz CT molecular complexity index is 1080. The van der Waals surface area contributed by atoms with E-state index in [9.17, 15) is 14.4 Å². The SMILES string of the molecule is COc1cccc(C(=O)NC(C(=O)N2CCCCC2)C2CCN(C(=O)Nc3cccc(Cl)c3)CC2)c1. The number of likely N-dealkylation sites (tertiary alicyclic amines) is 2. The van der Waals surface area contributed by atoms with Crippen LogP contribution in [-0.2, 0) is 4.79 Å². The van der Waals surface area contributed by atoms with Gasteiger partial charge in [0.25, 0.3) is 5.91 Å². The maximum absolute atomic E-state index is 13.6. The lowest BCUT2D eigenvalue weighted by Gasteiger charge is -2.38. The van der Waals surface area contributed by atoms with Gasteiger partial charge in [-0.1, -0.05) is 23.7 Å². The highest BCUT2D eigenvalue weighted by molar-refractivity contribution is 6.30. The summed E-state index contributed by atoms with van der Waals surface area (Å²) >= 11 is 6.02. The van der Waals surface area contributed by atoms with Crippen molar-refractivity contribution in [2.45, 2.75) is 38.1 Å². The van der Waals surface area contributed by atoms with E-state index in [0.29, 0.717) is 61.0 Å². The van der Waals surface area contributed by atoms with Crippen LogP contribution in [0, 0.1) is 5.92 Å². The van der Waals surface area contributed by atoms with E-state index in [1.165, 1.54) is 0 Å². The molecule has 192 valence electrons. The number of nitrogens with one attached hydrogen (secondary N) is 2. The topological polar surface area (TPSA) is 91.0 Å². The van der Waals surface area contributed by atoms with Crippen molar-refractivity contribution in [3.63, 3.8) is 0 Å². The number of hydrogen-bond acceptors (Lipinski definition) is 4. The molecule has 0 bridgehead atoms. The van der Waals surface area contributed by atoms with Crippen LogP contribution in [0.1, 0.15) is 42.5 Å². The molecule has 2 aliphatic rings. The molecule has 9 heteroatoms. The van der Waals surface area contributed by atoms with Crippen molar-refractivity contribution >= 4 is 35.1 Å². The van der Waals surface area contributed by atoms with Gasteiger partial charge in [0.2, 0.25) is 5.91 Å². The predicted octanol–water partition coefficient (Wildman–Crippen LogP) is 4.40. The van der Waals surface area contributed by atoms with E-state index in [1.54, 1.807) is 60.5 Å². The molecule has 1 atom stereocenters. The highest BCUT2D eigenvalue weighted by Crippen LogP contribution is 2.25. The van der Waals surface area contributed by atoms with Gasteiger partial charge in [-0.05, 0) is 74.4 Å².